The molecule has 2 aromatic rings. The second kappa shape index (κ2) is 7.61. The normalized spacial score (nSPS) is 11.8. The minimum absolute atomic E-state index is 0.199. The van der Waals surface area contributed by atoms with Crippen molar-refractivity contribution in [3.05, 3.63) is 59.7 Å². The number of nitrogens with two attached hydrogens (primary N) is 1. The molecule has 0 aliphatic carbocycles. The summed E-state index contributed by atoms with van der Waals surface area (Å²) >= 11 is 0. The number of rotatable bonds is 6. The Bertz CT molecular complexity index is 626. The Morgan fingerprint density at radius 2 is 1.86 bits per heavy atom. The van der Waals surface area contributed by atoms with Gasteiger partial charge in [0.05, 0.1) is 12.6 Å². The highest BCUT2D eigenvalue weighted by Gasteiger charge is 2.13. The van der Waals surface area contributed by atoms with Crippen molar-refractivity contribution in [2.45, 2.75) is 26.3 Å². The molecule has 2 aromatic carbocycles. The van der Waals surface area contributed by atoms with Gasteiger partial charge < -0.3 is 15.8 Å². The Morgan fingerprint density at radius 1 is 1.14 bits per heavy atom. The minimum Gasteiger partial charge on any atom is -0.494 e. The van der Waals surface area contributed by atoms with Crippen LogP contribution >= 0.6 is 0 Å². The lowest BCUT2D eigenvalue weighted by Crippen LogP contribution is -2.36. The van der Waals surface area contributed by atoms with Gasteiger partial charge in [-0.3, -0.25) is 4.79 Å². The Labute approximate surface area is 131 Å². The molecule has 0 aromatic heterocycles. The van der Waals surface area contributed by atoms with E-state index >= 15 is 0 Å². The molecule has 116 valence electrons. The summed E-state index contributed by atoms with van der Waals surface area (Å²) in [5.41, 5.74) is 9.05. The quantitative estimate of drug-likeness (QED) is 0.861. The average molecular weight is 298 g/mol. The van der Waals surface area contributed by atoms with Gasteiger partial charge in [0, 0.05) is 12.1 Å². The molecule has 1 unspecified atom stereocenters. The van der Waals surface area contributed by atoms with Gasteiger partial charge in [-0.25, -0.2) is 0 Å². The number of carbonyl (C=O) groups is 1. The van der Waals surface area contributed by atoms with Gasteiger partial charge >= 0.3 is 0 Å². The summed E-state index contributed by atoms with van der Waals surface area (Å²) in [6.45, 7) is 4.51. The monoisotopic (exact) mass is 298 g/mol. The molecular formula is C18H22N2O2. The number of para-hydroxylation sites is 1. The van der Waals surface area contributed by atoms with Crippen molar-refractivity contribution in [1.29, 1.82) is 0 Å². The van der Waals surface area contributed by atoms with Crippen LogP contribution in [0.2, 0.25) is 0 Å². The molecule has 0 saturated heterocycles. The minimum atomic E-state index is -0.591. The maximum absolute atomic E-state index is 12.0. The molecule has 1 atom stereocenters. The fourth-order valence-corrected chi connectivity index (χ4v) is 1.99. The van der Waals surface area contributed by atoms with E-state index in [9.17, 15) is 4.79 Å². The van der Waals surface area contributed by atoms with Crippen LogP contribution in [0.5, 0.6) is 5.75 Å². The molecule has 3 N–H and O–H groups in total. The number of benzene rings is 2. The predicted molar refractivity (Wildman–Crippen MR) is 89.1 cm³/mol. The van der Waals surface area contributed by atoms with Crippen molar-refractivity contribution in [2.24, 2.45) is 5.73 Å². The first kappa shape index (κ1) is 16.0. The largest absolute Gasteiger partial charge is 0.494 e. The molecule has 0 aliphatic heterocycles. The van der Waals surface area contributed by atoms with E-state index in [1.54, 1.807) is 0 Å². The molecule has 0 saturated carbocycles. The van der Waals surface area contributed by atoms with E-state index in [0.29, 0.717) is 13.0 Å². The molecule has 4 heteroatoms. The standard InChI is InChI=1S/C18H22N2O2/c1-13-8-9-16(12-14(13)2)22-11-10-17(19)18(21)20-15-6-4-3-5-7-15/h3-9,12,17H,10-11,19H2,1-2H3,(H,20,21). The third-order valence-electron chi connectivity index (χ3n) is 3.55. The molecule has 0 spiro atoms. The van der Waals surface area contributed by atoms with Crippen LogP contribution in [0, 0.1) is 13.8 Å². The SMILES string of the molecule is Cc1ccc(OCCC(N)C(=O)Nc2ccccc2)cc1C. The van der Waals surface area contributed by atoms with Crippen molar-refractivity contribution in [3.8, 4) is 5.75 Å². The summed E-state index contributed by atoms with van der Waals surface area (Å²) in [6, 6.07) is 14.6. The second-order valence-electron chi connectivity index (χ2n) is 5.34. The van der Waals surface area contributed by atoms with Gasteiger partial charge in [-0.1, -0.05) is 24.3 Å². The number of carbonyl (C=O) groups excluding carboxylic acids is 1. The van der Waals surface area contributed by atoms with Crippen LogP contribution in [0.15, 0.2) is 48.5 Å². The van der Waals surface area contributed by atoms with E-state index in [1.807, 2.05) is 55.5 Å². The average Bonchev–Trinajstić information content (AvgIpc) is 2.51. The van der Waals surface area contributed by atoms with E-state index < -0.39 is 6.04 Å². The molecule has 1 amide bonds. The number of anilines is 1. The molecule has 22 heavy (non-hydrogen) atoms. The highest BCUT2D eigenvalue weighted by Crippen LogP contribution is 2.16. The van der Waals surface area contributed by atoms with Gasteiger partial charge in [-0.05, 0) is 49.2 Å². The van der Waals surface area contributed by atoms with Crippen molar-refractivity contribution < 1.29 is 9.53 Å². The zero-order chi connectivity index (χ0) is 15.9. The van der Waals surface area contributed by atoms with Crippen LogP contribution in [0.1, 0.15) is 17.5 Å². The molecular weight excluding hydrogens is 276 g/mol. The highest BCUT2D eigenvalue weighted by molar-refractivity contribution is 5.94. The van der Waals surface area contributed by atoms with Crippen molar-refractivity contribution in [1.82, 2.24) is 0 Å². The molecule has 4 nitrogen and oxygen atoms in total. The number of nitrogens with one attached hydrogen (secondary N) is 1. The lowest BCUT2D eigenvalue weighted by atomic mass is 10.1. The van der Waals surface area contributed by atoms with Crippen LogP contribution in [0.4, 0.5) is 5.69 Å². The zero-order valence-corrected chi connectivity index (χ0v) is 13.0. The number of ether oxygens (including phenoxy) is 1. The molecule has 0 heterocycles. The smallest absolute Gasteiger partial charge is 0.241 e. The Balaban J connectivity index is 1.78. The van der Waals surface area contributed by atoms with Gasteiger partial charge in [-0.2, -0.15) is 0 Å². The molecule has 0 aliphatic rings. The maximum Gasteiger partial charge on any atom is 0.241 e. The summed E-state index contributed by atoms with van der Waals surface area (Å²) in [6.07, 6.45) is 0.464. The van der Waals surface area contributed by atoms with Gasteiger partial charge in [0.15, 0.2) is 0 Å². The van der Waals surface area contributed by atoms with E-state index in [1.165, 1.54) is 11.1 Å². The fraction of sp³-hybridized carbons (Fsp3) is 0.278. The van der Waals surface area contributed by atoms with Crippen LogP contribution < -0.4 is 15.8 Å². The summed E-state index contributed by atoms with van der Waals surface area (Å²) in [4.78, 5) is 12.0. The van der Waals surface area contributed by atoms with E-state index in [0.717, 1.165) is 11.4 Å². The molecule has 0 fully saturated rings. The molecule has 0 radical (unpaired) electrons. The Kier molecular flexibility index (Phi) is 5.55. The van der Waals surface area contributed by atoms with Gasteiger partial charge in [0.2, 0.25) is 5.91 Å². The summed E-state index contributed by atoms with van der Waals surface area (Å²) in [7, 11) is 0. The van der Waals surface area contributed by atoms with Crippen LogP contribution in [0.3, 0.4) is 0 Å². The Hall–Kier alpha value is -2.33. The van der Waals surface area contributed by atoms with Gasteiger partial charge in [-0.15, -0.1) is 0 Å². The van der Waals surface area contributed by atoms with Crippen molar-refractivity contribution >= 4 is 11.6 Å². The van der Waals surface area contributed by atoms with Gasteiger partial charge in [0.25, 0.3) is 0 Å². The first-order valence-corrected chi connectivity index (χ1v) is 7.38. The second-order valence-corrected chi connectivity index (χ2v) is 5.34. The predicted octanol–water partition coefficient (Wildman–Crippen LogP) is 3.04. The van der Waals surface area contributed by atoms with E-state index in [2.05, 4.69) is 12.2 Å². The van der Waals surface area contributed by atoms with Crippen LogP contribution in [-0.4, -0.2) is 18.6 Å². The van der Waals surface area contributed by atoms with E-state index in [-0.39, 0.29) is 5.91 Å². The van der Waals surface area contributed by atoms with E-state index in [4.69, 9.17) is 10.5 Å². The number of aryl methyl sites for hydroxylation is 2. The lowest BCUT2D eigenvalue weighted by molar-refractivity contribution is -0.117. The van der Waals surface area contributed by atoms with Gasteiger partial charge in [0.1, 0.15) is 5.75 Å². The topological polar surface area (TPSA) is 64.3 Å². The number of hydrogen-bond acceptors (Lipinski definition) is 3. The fourth-order valence-electron chi connectivity index (χ4n) is 1.99. The summed E-state index contributed by atoms with van der Waals surface area (Å²) < 4.78 is 5.65. The highest BCUT2D eigenvalue weighted by atomic mass is 16.5. The van der Waals surface area contributed by atoms with Crippen LogP contribution in [0.25, 0.3) is 0 Å². The summed E-state index contributed by atoms with van der Waals surface area (Å²) in [5, 5.41) is 2.79. The molecule has 0 bridgehead atoms. The first-order valence-electron chi connectivity index (χ1n) is 7.38. The first-order chi connectivity index (χ1) is 10.6. The maximum atomic E-state index is 12.0. The Morgan fingerprint density at radius 3 is 2.55 bits per heavy atom. The third-order valence-corrected chi connectivity index (χ3v) is 3.55. The zero-order valence-electron chi connectivity index (χ0n) is 13.0. The van der Waals surface area contributed by atoms with Crippen molar-refractivity contribution in [2.75, 3.05) is 11.9 Å². The molecule has 2 rings (SSSR count). The lowest BCUT2D eigenvalue weighted by Gasteiger charge is -2.13. The van der Waals surface area contributed by atoms with Crippen molar-refractivity contribution in [3.63, 3.8) is 0 Å². The number of amides is 1. The third kappa shape index (κ3) is 4.60. The van der Waals surface area contributed by atoms with Crippen LogP contribution in [-0.2, 0) is 4.79 Å². The summed E-state index contributed by atoms with van der Waals surface area (Å²) in [5.74, 6) is 0.605. The number of hydrogen-bond donors (Lipinski definition) is 2.